The second-order valence-corrected chi connectivity index (χ2v) is 5.63. The number of halogens is 1. The normalized spacial score (nSPS) is 12.4. The lowest BCUT2D eigenvalue weighted by Crippen LogP contribution is -2.18. The van der Waals surface area contributed by atoms with Crippen LogP contribution in [0.25, 0.3) is 0 Å². The highest BCUT2D eigenvalue weighted by Crippen LogP contribution is 2.30. The minimum atomic E-state index is -0.186. The first-order chi connectivity index (χ1) is 8.74. The Balaban J connectivity index is 2.20. The fraction of sp³-hybridized carbons (Fsp3) is 0.231. The van der Waals surface area contributed by atoms with Crippen LogP contribution >= 0.6 is 27.3 Å². The molecule has 0 fully saturated rings. The Morgan fingerprint density at radius 3 is 2.78 bits per heavy atom. The lowest BCUT2D eigenvalue weighted by Gasteiger charge is -2.18. The summed E-state index contributed by atoms with van der Waals surface area (Å²) in [5.41, 5.74) is 6.53. The Morgan fingerprint density at radius 2 is 2.17 bits per heavy atom. The van der Waals surface area contributed by atoms with Crippen molar-refractivity contribution in [1.29, 1.82) is 0 Å². The van der Waals surface area contributed by atoms with Crippen molar-refractivity contribution >= 4 is 27.3 Å². The molecule has 0 aliphatic carbocycles. The summed E-state index contributed by atoms with van der Waals surface area (Å²) in [6, 6.07) is 9.44. The third-order valence-electron chi connectivity index (χ3n) is 2.53. The highest BCUT2D eigenvalue weighted by Gasteiger charge is 2.15. The molecule has 5 heteroatoms. The van der Waals surface area contributed by atoms with Crippen molar-refractivity contribution in [3.05, 3.63) is 50.6 Å². The Morgan fingerprint density at radius 1 is 1.39 bits per heavy atom. The molecule has 1 heterocycles. The van der Waals surface area contributed by atoms with Crippen LogP contribution in [0.1, 0.15) is 16.5 Å². The first-order valence-electron chi connectivity index (χ1n) is 5.54. The Bertz CT molecular complexity index is 515. The maximum atomic E-state index is 9.26. The van der Waals surface area contributed by atoms with Crippen molar-refractivity contribution in [1.82, 2.24) is 0 Å². The Labute approximate surface area is 118 Å². The number of rotatable bonds is 5. The van der Waals surface area contributed by atoms with Gasteiger partial charge in [-0.15, -0.1) is 11.3 Å². The predicted molar refractivity (Wildman–Crippen MR) is 76.8 cm³/mol. The van der Waals surface area contributed by atoms with E-state index in [0.29, 0.717) is 12.3 Å². The molecule has 0 saturated heterocycles. The molecule has 1 atom stereocenters. The molecule has 3 nitrogen and oxygen atoms in total. The molecule has 0 aliphatic rings. The second-order valence-electron chi connectivity index (χ2n) is 3.78. The third kappa shape index (κ3) is 3.11. The zero-order chi connectivity index (χ0) is 13.0. The number of hydrogen-bond acceptors (Lipinski definition) is 4. The van der Waals surface area contributed by atoms with Gasteiger partial charge in [-0.2, -0.15) is 0 Å². The lowest BCUT2D eigenvalue weighted by molar-refractivity contribution is 0.206. The van der Waals surface area contributed by atoms with Crippen molar-refractivity contribution in [2.45, 2.75) is 12.7 Å². The number of aliphatic hydroxyl groups is 1. The first-order valence-corrected chi connectivity index (χ1v) is 7.21. The number of ether oxygens (including phenoxy) is 1. The molecule has 0 bridgehead atoms. The summed E-state index contributed by atoms with van der Waals surface area (Å²) in [6.07, 6.45) is -0.186. The van der Waals surface area contributed by atoms with Crippen LogP contribution in [-0.2, 0) is 6.61 Å². The predicted octanol–water partition coefficient (Wildman–Crippen LogP) is 3.08. The van der Waals surface area contributed by atoms with Crippen LogP contribution in [0.3, 0.4) is 0 Å². The molecule has 0 spiro atoms. The Hall–Kier alpha value is -0.880. The molecule has 18 heavy (non-hydrogen) atoms. The lowest BCUT2D eigenvalue weighted by atomic mass is 10.2. The molecule has 1 aromatic carbocycles. The molecule has 0 aliphatic heterocycles. The van der Waals surface area contributed by atoms with Crippen molar-refractivity contribution in [2.24, 2.45) is 5.73 Å². The van der Waals surface area contributed by atoms with Gasteiger partial charge < -0.3 is 15.6 Å². The van der Waals surface area contributed by atoms with E-state index in [2.05, 4.69) is 15.9 Å². The number of hydrogen-bond donors (Lipinski definition) is 2. The number of nitrogens with two attached hydrogens (primary N) is 1. The van der Waals surface area contributed by atoms with Gasteiger partial charge in [0.25, 0.3) is 0 Å². The average molecular weight is 328 g/mol. The third-order valence-corrected chi connectivity index (χ3v) is 4.32. The van der Waals surface area contributed by atoms with E-state index < -0.39 is 0 Å². The van der Waals surface area contributed by atoms with E-state index in [1.807, 2.05) is 35.7 Å². The summed E-state index contributed by atoms with van der Waals surface area (Å²) < 4.78 is 6.92. The molecule has 2 rings (SSSR count). The summed E-state index contributed by atoms with van der Waals surface area (Å²) in [5.74, 6) is 0.681. The summed E-state index contributed by atoms with van der Waals surface area (Å²) in [6.45, 7) is 0.355. The number of aliphatic hydroxyl groups excluding tert-OH is 1. The number of para-hydroxylation sites is 1. The van der Waals surface area contributed by atoms with Crippen LogP contribution in [-0.4, -0.2) is 11.7 Å². The van der Waals surface area contributed by atoms with Crippen LogP contribution in [0, 0.1) is 0 Å². The monoisotopic (exact) mass is 327 g/mol. The van der Waals surface area contributed by atoms with E-state index in [9.17, 15) is 5.11 Å². The zero-order valence-electron chi connectivity index (χ0n) is 9.67. The van der Waals surface area contributed by atoms with Crippen LogP contribution in [0.4, 0.5) is 0 Å². The van der Waals surface area contributed by atoms with Crippen molar-refractivity contribution in [2.75, 3.05) is 6.54 Å². The van der Waals surface area contributed by atoms with Gasteiger partial charge in [-0.3, -0.25) is 0 Å². The van der Waals surface area contributed by atoms with E-state index in [-0.39, 0.29) is 12.7 Å². The second kappa shape index (κ2) is 6.33. The van der Waals surface area contributed by atoms with Gasteiger partial charge in [0, 0.05) is 26.8 Å². The molecule has 96 valence electrons. The molecule has 3 N–H and O–H groups in total. The van der Waals surface area contributed by atoms with E-state index in [1.165, 1.54) is 0 Å². The first kappa shape index (κ1) is 13.5. The maximum absolute atomic E-state index is 9.26. The standard InChI is InChI=1S/C13H14BrNO2S/c14-10-5-13(18-8-10)12(6-15)17-11-4-2-1-3-9(11)7-16/h1-5,8,12,16H,6-7,15H2. The molecule has 0 saturated carbocycles. The van der Waals surface area contributed by atoms with Crippen LogP contribution < -0.4 is 10.5 Å². The van der Waals surface area contributed by atoms with E-state index in [0.717, 1.165) is 14.9 Å². The molecule has 1 aromatic heterocycles. The molecule has 1 unspecified atom stereocenters. The van der Waals surface area contributed by atoms with Gasteiger partial charge >= 0.3 is 0 Å². The fourth-order valence-corrected chi connectivity index (χ4v) is 3.11. The minimum absolute atomic E-state index is 0.0401. The van der Waals surface area contributed by atoms with Gasteiger partial charge in [0.1, 0.15) is 11.9 Å². The molecular weight excluding hydrogens is 314 g/mol. The zero-order valence-corrected chi connectivity index (χ0v) is 12.1. The fourth-order valence-electron chi connectivity index (χ4n) is 1.62. The summed E-state index contributed by atoms with van der Waals surface area (Å²) in [7, 11) is 0. The minimum Gasteiger partial charge on any atom is -0.483 e. The van der Waals surface area contributed by atoms with Crippen LogP contribution in [0.5, 0.6) is 5.75 Å². The molecule has 2 aromatic rings. The van der Waals surface area contributed by atoms with Gasteiger partial charge in [-0.25, -0.2) is 0 Å². The maximum Gasteiger partial charge on any atom is 0.145 e. The smallest absolute Gasteiger partial charge is 0.145 e. The summed E-state index contributed by atoms with van der Waals surface area (Å²) in [5, 5.41) is 11.3. The van der Waals surface area contributed by atoms with Gasteiger partial charge in [-0.05, 0) is 28.1 Å². The highest BCUT2D eigenvalue weighted by molar-refractivity contribution is 9.10. The van der Waals surface area contributed by atoms with Gasteiger partial charge in [0.2, 0.25) is 0 Å². The largest absolute Gasteiger partial charge is 0.483 e. The van der Waals surface area contributed by atoms with Crippen LogP contribution in [0.15, 0.2) is 40.2 Å². The highest BCUT2D eigenvalue weighted by atomic mass is 79.9. The van der Waals surface area contributed by atoms with Gasteiger partial charge in [0.05, 0.1) is 6.61 Å². The van der Waals surface area contributed by atoms with Gasteiger partial charge in [-0.1, -0.05) is 18.2 Å². The molecular formula is C13H14BrNO2S. The number of benzene rings is 1. The van der Waals surface area contributed by atoms with Crippen molar-refractivity contribution < 1.29 is 9.84 Å². The van der Waals surface area contributed by atoms with E-state index in [1.54, 1.807) is 11.3 Å². The topological polar surface area (TPSA) is 55.5 Å². The average Bonchev–Trinajstić information content (AvgIpc) is 2.83. The van der Waals surface area contributed by atoms with E-state index in [4.69, 9.17) is 10.5 Å². The molecule has 0 amide bonds. The van der Waals surface area contributed by atoms with Crippen molar-refractivity contribution in [3.63, 3.8) is 0 Å². The number of thiophene rings is 1. The molecule has 0 radical (unpaired) electrons. The van der Waals surface area contributed by atoms with Crippen molar-refractivity contribution in [3.8, 4) is 5.75 Å². The Kier molecular flexibility index (Phi) is 4.77. The summed E-state index contributed by atoms with van der Waals surface area (Å²) in [4.78, 5) is 1.07. The van der Waals surface area contributed by atoms with Crippen LogP contribution in [0.2, 0.25) is 0 Å². The quantitative estimate of drug-likeness (QED) is 0.887. The summed E-state index contributed by atoms with van der Waals surface area (Å²) >= 11 is 5.02. The van der Waals surface area contributed by atoms with E-state index >= 15 is 0 Å². The van der Waals surface area contributed by atoms with Gasteiger partial charge in [0.15, 0.2) is 0 Å². The SMILES string of the molecule is NCC(Oc1ccccc1CO)c1cc(Br)cs1.